The van der Waals surface area contributed by atoms with Gasteiger partial charge in [0.05, 0.1) is 9.85 Å². The van der Waals surface area contributed by atoms with E-state index in [1.54, 1.807) is 12.1 Å². The topological polar surface area (TPSA) is 291 Å². The first-order valence-corrected chi connectivity index (χ1v) is 19.1. The van der Waals surface area contributed by atoms with Crippen molar-refractivity contribution in [3.63, 3.8) is 0 Å². The smallest absolute Gasteiger partial charge is 0.757 e. The first-order valence-electron chi connectivity index (χ1n) is 16.2. The van der Waals surface area contributed by atoms with E-state index in [1.807, 2.05) is 13.8 Å². The van der Waals surface area contributed by atoms with Crippen molar-refractivity contribution in [1.82, 2.24) is 0 Å². The Morgan fingerprint density at radius 2 is 0.965 bits per heavy atom. The van der Waals surface area contributed by atoms with Crippen LogP contribution in [0.15, 0.2) is 151 Å². The van der Waals surface area contributed by atoms with Gasteiger partial charge in [0.25, 0.3) is 11.4 Å². The number of carbonyl (C=O) groups is 2. The van der Waals surface area contributed by atoms with Crippen molar-refractivity contribution in [3.05, 3.63) is 162 Å². The molecule has 0 radical (unpaired) electrons. The number of ketones is 2. The van der Waals surface area contributed by atoms with Gasteiger partial charge < -0.3 is 18.2 Å². The molecular formula is C36H28BaN6O12S2. The molecule has 4 aliphatic rings. The summed E-state index contributed by atoms with van der Waals surface area (Å²) in [6.07, 6.45) is 13.7. The molecule has 2 atom stereocenters. The predicted molar refractivity (Wildman–Crippen MR) is 210 cm³/mol. The average molecular weight is 938 g/mol. The maximum absolute atomic E-state index is 12.2. The molecular weight excluding hydrogens is 910 g/mol. The summed E-state index contributed by atoms with van der Waals surface area (Å²) in [5, 5.41) is 38.1. The Morgan fingerprint density at radius 1 is 0.596 bits per heavy atom. The number of hydrogen-bond donors (Lipinski definition) is 2. The zero-order valence-corrected chi connectivity index (χ0v) is 35.9. The van der Waals surface area contributed by atoms with Crippen LogP contribution in [0.5, 0.6) is 0 Å². The summed E-state index contributed by atoms with van der Waals surface area (Å²) in [4.78, 5) is 45.1. The molecule has 0 heterocycles. The first kappa shape index (κ1) is 44.9. The molecule has 0 saturated heterocycles. The third-order valence-electron chi connectivity index (χ3n) is 8.25. The summed E-state index contributed by atoms with van der Waals surface area (Å²) in [5.41, 5.74) is 2.17. The molecule has 2 N–H and O–H groups in total. The van der Waals surface area contributed by atoms with Crippen LogP contribution in [-0.2, 0) is 42.6 Å². The Hall–Kier alpha value is -4.85. The van der Waals surface area contributed by atoms with Crippen molar-refractivity contribution in [2.75, 3.05) is 0 Å². The normalized spacial score (nSPS) is 18.0. The molecule has 288 valence electrons. The molecule has 57 heavy (non-hydrogen) atoms. The molecule has 21 heteroatoms. The number of nitro benzene ring substituents is 2. The van der Waals surface area contributed by atoms with Gasteiger partial charge in [0, 0.05) is 53.2 Å². The fourth-order valence-electron chi connectivity index (χ4n) is 5.32. The fraction of sp³-hybridized carbons (Fsp3) is 0.111. The second-order valence-corrected chi connectivity index (χ2v) is 14.7. The number of aryl methyl sites for hydroxylation is 2. The van der Waals surface area contributed by atoms with Gasteiger partial charge in [-0.05, 0) is 83.7 Å². The number of fused-ring (bicyclic) bond motifs is 2. The predicted octanol–water partition coefficient (Wildman–Crippen LogP) is 6.00. The van der Waals surface area contributed by atoms with E-state index in [0.717, 1.165) is 23.3 Å². The van der Waals surface area contributed by atoms with Crippen LogP contribution in [0, 0.1) is 20.2 Å². The van der Waals surface area contributed by atoms with Crippen LogP contribution in [0.3, 0.4) is 0 Å². The van der Waals surface area contributed by atoms with Gasteiger partial charge >= 0.3 is 48.9 Å². The molecule has 0 aromatic heterocycles. The van der Waals surface area contributed by atoms with E-state index in [4.69, 9.17) is 9.11 Å². The summed E-state index contributed by atoms with van der Waals surface area (Å²) in [5.74, 6) is -0.965. The molecule has 0 saturated carbocycles. The largest absolute Gasteiger partial charge is 2.00 e. The number of hydrogen-bond acceptors (Lipinski definition) is 14. The minimum atomic E-state index is -4.40. The van der Waals surface area contributed by atoms with E-state index in [0.29, 0.717) is 35.1 Å². The van der Waals surface area contributed by atoms with Crippen LogP contribution in [-0.4, -0.2) is 107 Å². The number of rotatable bonds is 8. The van der Waals surface area contributed by atoms with Crippen molar-refractivity contribution in [3.8, 4) is 0 Å². The van der Waals surface area contributed by atoms with Crippen LogP contribution < -0.4 is 0 Å². The van der Waals surface area contributed by atoms with Gasteiger partial charge in [0.15, 0.2) is 11.4 Å². The Balaban J connectivity index is 0.000000248. The quantitative estimate of drug-likeness (QED) is 0.101. The second-order valence-electron chi connectivity index (χ2n) is 11.8. The Morgan fingerprint density at radius 3 is 1.28 bits per heavy atom. The summed E-state index contributed by atoms with van der Waals surface area (Å²) in [7, 11) is -8.80. The van der Waals surface area contributed by atoms with Crippen molar-refractivity contribution in [2.24, 2.45) is 20.5 Å². The monoisotopic (exact) mass is 938 g/mol. The van der Waals surface area contributed by atoms with E-state index < -0.39 is 41.6 Å². The maximum atomic E-state index is 12.2. The molecule has 2 unspecified atom stereocenters. The van der Waals surface area contributed by atoms with Gasteiger partial charge in [-0.15, -0.1) is 20.5 Å². The van der Waals surface area contributed by atoms with E-state index >= 15 is 0 Å². The zero-order chi connectivity index (χ0) is 40.9. The van der Waals surface area contributed by atoms with Crippen molar-refractivity contribution < 1.29 is 46.1 Å². The minimum absolute atomic E-state index is 0. The van der Waals surface area contributed by atoms with Crippen LogP contribution in [0.2, 0.25) is 0 Å². The molecule has 0 aliphatic heterocycles. The third kappa shape index (κ3) is 10.8. The number of carbonyl (C=O) groups excluding carboxylic acids is 2. The van der Waals surface area contributed by atoms with Gasteiger partial charge in [0.1, 0.15) is 11.4 Å². The minimum Gasteiger partial charge on any atom is -0.757 e. The number of azo groups is 2. The van der Waals surface area contributed by atoms with Crippen LogP contribution >= 0.6 is 0 Å². The fourth-order valence-corrected chi connectivity index (χ4v) is 6.35. The van der Waals surface area contributed by atoms with Crippen LogP contribution in [0.4, 0.5) is 22.7 Å². The number of nitro groups is 2. The van der Waals surface area contributed by atoms with Crippen LogP contribution in [0.1, 0.15) is 25.0 Å². The molecule has 2 aromatic rings. The Bertz CT molecular complexity index is 2500. The van der Waals surface area contributed by atoms with E-state index in [2.05, 4.69) is 20.5 Å². The third-order valence-corrected chi connectivity index (χ3v) is 9.95. The van der Waals surface area contributed by atoms with Crippen molar-refractivity contribution in [2.45, 2.75) is 26.7 Å². The van der Waals surface area contributed by atoms with E-state index in [-0.39, 0.29) is 92.8 Å². The van der Waals surface area contributed by atoms with E-state index in [9.17, 15) is 47.3 Å². The summed E-state index contributed by atoms with van der Waals surface area (Å²) < 4.78 is 63.4. The zero-order valence-electron chi connectivity index (χ0n) is 29.8. The number of allylic oxidation sites excluding steroid dienone is 14. The molecule has 18 nitrogen and oxygen atoms in total. The molecule has 4 aliphatic carbocycles. The first-order chi connectivity index (χ1) is 26.4. The Labute approximate surface area is 365 Å². The Kier molecular flexibility index (Phi) is 14.6. The van der Waals surface area contributed by atoms with Crippen molar-refractivity contribution in [1.29, 1.82) is 0 Å². The van der Waals surface area contributed by atoms with Gasteiger partial charge in [-0.1, -0.05) is 50.3 Å². The SMILES string of the molecule is CCc1ccc(N=NC2=C3C=CC(=S(=O)([O-])O)C=C3C=CC2=O)c([N+](=O)[O-])c1.CCc1ccc(N=NC2=C3C=CC(=S(=O)([O-])O)C=C3C=CC2=O)c([N+](=O)[O-])c1.[Ba+2]. The van der Waals surface area contributed by atoms with Crippen molar-refractivity contribution >= 4 is 113 Å². The van der Waals surface area contributed by atoms with Gasteiger partial charge in [0.2, 0.25) is 11.6 Å². The number of nitrogens with zero attached hydrogens (tertiary/aromatic N) is 6. The summed E-state index contributed by atoms with van der Waals surface area (Å²) >= 11 is 0. The molecule has 0 fully saturated rings. The maximum Gasteiger partial charge on any atom is 2.00 e. The molecule has 0 spiro atoms. The summed E-state index contributed by atoms with van der Waals surface area (Å²) in [6.45, 7) is 3.72. The molecule has 2 aromatic carbocycles. The summed E-state index contributed by atoms with van der Waals surface area (Å²) in [6, 6.07) is 9.06. The van der Waals surface area contributed by atoms with Gasteiger partial charge in [-0.3, -0.25) is 38.2 Å². The molecule has 0 amide bonds. The van der Waals surface area contributed by atoms with Gasteiger partial charge in [-0.2, -0.15) is 0 Å². The molecule has 6 rings (SSSR count). The second kappa shape index (κ2) is 18.6. The number of benzene rings is 2. The molecule has 0 bridgehead atoms. The standard InChI is InChI=1S/2C18H15N3O6S.Ba/c2*1-2-11-3-7-15(16(9-11)21(23)24)19-20-18-14-6-5-13(28(25,26)27)10-12(14)4-8-17(18)22;/h2*3-10H,2H2,1H3,(H2,25,26,27);/q;;+2/p-2. The van der Waals surface area contributed by atoms with E-state index in [1.165, 1.54) is 72.9 Å². The van der Waals surface area contributed by atoms with Crippen LogP contribution in [0.25, 0.3) is 0 Å². The van der Waals surface area contributed by atoms with Gasteiger partial charge in [-0.25, -0.2) is 0 Å². The average Bonchev–Trinajstić information content (AvgIpc) is 3.16.